The number of hydrogen-bond acceptors (Lipinski definition) is 4. The molecule has 1 amide bonds. The molecule has 0 saturated carbocycles. The summed E-state index contributed by atoms with van der Waals surface area (Å²) in [5.41, 5.74) is 0. The van der Waals surface area contributed by atoms with Gasteiger partial charge < -0.3 is 9.64 Å². The predicted molar refractivity (Wildman–Crippen MR) is 77.9 cm³/mol. The second-order valence-electron chi connectivity index (χ2n) is 6.62. The third-order valence-corrected chi connectivity index (χ3v) is 5.17. The van der Waals surface area contributed by atoms with Gasteiger partial charge in [-0.1, -0.05) is 13.3 Å². The minimum atomic E-state index is -2.76. The summed E-state index contributed by atoms with van der Waals surface area (Å²) in [5, 5.41) is 2.68. The Balaban J connectivity index is 1.62. The highest BCUT2D eigenvalue weighted by molar-refractivity contribution is 5.82. The van der Waals surface area contributed by atoms with E-state index in [1.807, 2.05) is 0 Å². The normalized spacial score (nSPS) is 36.0. The number of carbonyl (C=O) groups excluding carboxylic acids is 1. The third-order valence-electron chi connectivity index (χ3n) is 5.17. The molecule has 3 atom stereocenters. The van der Waals surface area contributed by atoms with Crippen LogP contribution in [0.1, 0.15) is 19.8 Å². The van der Waals surface area contributed by atoms with Crippen molar-refractivity contribution in [2.24, 2.45) is 5.92 Å². The van der Waals surface area contributed by atoms with E-state index in [9.17, 15) is 13.6 Å². The van der Waals surface area contributed by atoms with E-state index in [-0.39, 0.29) is 18.9 Å². The van der Waals surface area contributed by atoms with Gasteiger partial charge in [-0.15, -0.1) is 0 Å². The topological polar surface area (TPSA) is 44.8 Å². The van der Waals surface area contributed by atoms with Crippen molar-refractivity contribution in [1.29, 1.82) is 0 Å². The lowest BCUT2D eigenvalue weighted by atomic mass is 9.99. The summed E-state index contributed by atoms with van der Waals surface area (Å²) >= 11 is 0. The Morgan fingerprint density at radius 2 is 2.05 bits per heavy atom. The molecule has 0 aliphatic carbocycles. The Hall–Kier alpha value is -0.790. The molecular formula is C15H25F2N3O2. The van der Waals surface area contributed by atoms with Crippen molar-refractivity contribution >= 4 is 5.91 Å². The fourth-order valence-electron chi connectivity index (χ4n) is 3.87. The first-order valence-corrected chi connectivity index (χ1v) is 8.22. The number of likely N-dealkylation sites (tertiary alicyclic amines) is 1. The zero-order valence-electron chi connectivity index (χ0n) is 13.1. The van der Waals surface area contributed by atoms with E-state index < -0.39 is 12.0 Å². The van der Waals surface area contributed by atoms with Gasteiger partial charge in [-0.05, 0) is 5.92 Å². The van der Waals surface area contributed by atoms with Crippen molar-refractivity contribution < 1.29 is 18.3 Å². The first-order chi connectivity index (χ1) is 10.5. The molecule has 3 unspecified atom stereocenters. The lowest BCUT2D eigenvalue weighted by molar-refractivity contribution is -0.133. The van der Waals surface area contributed by atoms with E-state index >= 15 is 0 Å². The van der Waals surface area contributed by atoms with Crippen LogP contribution in [-0.2, 0) is 9.53 Å². The van der Waals surface area contributed by atoms with Crippen LogP contribution in [-0.4, -0.2) is 79.7 Å². The highest BCUT2D eigenvalue weighted by atomic mass is 19.3. The molecule has 0 aromatic rings. The Bertz CT molecular complexity index is 416. The Kier molecular flexibility index (Phi) is 4.66. The lowest BCUT2D eigenvalue weighted by Gasteiger charge is -2.34. The quantitative estimate of drug-likeness (QED) is 0.826. The average molecular weight is 317 g/mol. The average Bonchev–Trinajstić information content (AvgIpc) is 3.10. The van der Waals surface area contributed by atoms with Crippen LogP contribution in [0.3, 0.4) is 0 Å². The molecule has 0 radical (unpaired) electrons. The Morgan fingerprint density at radius 3 is 2.64 bits per heavy atom. The molecule has 0 spiro atoms. The molecular weight excluding hydrogens is 292 g/mol. The maximum Gasteiger partial charge on any atom is 0.262 e. The number of rotatable bonds is 3. The molecule has 7 heteroatoms. The second kappa shape index (κ2) is 6.37. The summed E-state index contributed by atoms with van der Waals surface area (Å²) < 4.78 is 32.0. The van der Waals surface area contributed by atoms with Crippen molar-refractivity contribution in [3.05, 3.63) is 0 Å². The molecule has 3 rings (SSSR count). The van der Waals surface area contributed by atoms with Crippen LogP contribution < -0.4 is 5.32 Å². The van der Waals surface area contributed by atoms with Gasteiger partial charge >= 0.3 is 0 Å². The summed E-state index contributed by atoms with van der Waals surface area (Å²) in [7, 11) is 0. The van der Waals surface area contributed by atoms with E-state index in [0.29, 0.717) is 25.0 Å². The van der Waals surface area contributed by atoms with Crippen LogP contribution in [0.2, 0.25) is 0 Å². The van der Waals surface area contributed by atoms with Gasteiger partial charge in [-0.2, -0.15) is 0 Å². The minimum Gasteiger partial charge on any atom is -0.379 e. The molecule has 22 heavy (non-hydrogen) atoms. The molecule has 0 bridgehead atoms. The van der Waals surface area contributed by atoms with Gasteiger partial charge in [0.2, 0.25) is 5.91 Å². The van der Waals surface area contributed by atoms with Gasteiger partial charge in [0, 0.05) is 38.6 Å². The summed E-state index contributed by atoms with van der Waals surface area (Å²) in [5.74, 6) is -2.50. The van der Waals surface area contributed by atoms with Crippen LogP contribution in [0, 0.1) is 5.92 Å². The summed E-state index contributed by atoms with van der Waals surface area (Å²) in [6.07, 6.45) is 0.626. The van der Waals surface area contributed by atoms with Crippen LogP contribution in [0.5, 0.6) is 0 Å². The van der Waals surface area contributed by atoms with Gasteiger partial charge in [0.1, 0.15) is 0 Å². The molecule has 1 N–H and O–H groups in total. The SMILES string of the molecule is CCC1CN(C(=O)C2CC(F)(F)CN2)CC1N1CCOCC1. The molecule has 3 aliphatic rings. The van der Waals surface area contributed by atoms with E-state index in [4.69, 9.17) is 4.74 Å². The molecule has 3 fully saturated rings. The van der Waals surface area contributed by atoms with E-state index in [0.717, 1.165) is 32.7 Å². The molecule has 5 nitrogen and oxygen atoms in total. The van der Waals surface area contributed by atoms with Crippen LogP contribution >= 0.6 is 0 Å². The van der Waals surface area contributed by atoms with Crippen molar-refractivity contribution in [3.63, 3.8) is 0 Å². The number of nitrogens with zero attached hydrogens (tertiary/aromatic N) is 2. The summed E-state index contributed by atoms with van der Waals surface area (Å²) in [6.45, 7) is 6.33. The van der Waals surface area contributed by atoms with Crippen molar-refractivity contribution in [1.82, 2.24) is 15.1 Å². The molecule has 0 aromatic heterocycles. The monoisotopic (exact) mass is 317 g/mol. The van der Waals surface area contributed by atoms with Crippen LogP contribution in [0.4, 0.5) is 8.78 Å². The number of hydrogen-bond donors (Lipinski definition) is 1. The number of carbonyl (C=O) groups is 1. The summed E-state index contributed by atoms with van der Waals surface area (Å²) in [6, 6.07) is -0.393. The number of nitrogens with one attached hydrogen (secondary N) is 1. The summed E-state index contributed by atoms with van der Waals surface area (Å²) in [4.78, 5) is 16.7. The smallest absolute Gasteiger partial charge is 0.262 e. The Labute approximate surface area is 130 Å². The predicted octanol–water partition coefficient (Wildman–Crippen LogP) is 0.553. The second-order valence-corrected chi connectivity index (χ2v) is 6.62. The molecule has 3 saturated heterocycles. The standard InChI is InChI=1S/C15H25F2N3O2/c1-2-11-8-20(9-13(11)19-3-5-22-6-4-19)14(21)12-7-15(16,17)10-18-12/h11-13,18H,2-10H2,1H3. The van der Waals surface area contributed by atoms with E-state index in [1.165, 1.54) is 0 Å². The fourth-order valence-corrected chi connectivity index (χ4v) is 3.87. The van der Waals surface area contributed by atoms with Crippen molar-refractivity contribution in [2.75, 3.05) is 45.9 Å². The number of ether oxygens (including phenoxy) is 1. The molecule has 3 heterocycles. The first kappa shape index (κ1) is 16.1. The van der Waals surface area contributed by atoms with Crippen LogP contribution in [0.15, 0.2) is 0 Å². The number of morpholine rings is 1. The fraction of sp³-hybridized carbons (Fsp3) is 0.933. The highest BCUT2D eigenvalue weighted by Gasteiger charge is 2.46. The van der Waals surface area contributed by atoms with E-state index in [1.54, 1.807) is 4.90 Å². The van der Waals surface area contributed by atoms with Gasteiger partial charge in [0.05, 0.1) is 25.8 Å². The zero-order valence-corrected chi connectivity index (χ0v) is 13.1. The van der Waals surface area contributed by atoms with Crippen molar-refractivity contribution in [2.45, 2.75) is 37.8 Å². The maximum atomic E-state index is 13.3. The third kappa shape index (κ3) is 3.26. The highest BCUT2D eigenvalue weighted by Crippen LogP contribution is 2.30. The van der Waals surface area contributed by atoms with Gasteiger partial charge in [-0.25, -0.2) is 8.78 Å². The zero-order chi connectivity index (χ0) is 15.7. The van der Waals surface area contributed by atoms with Gasteiger partial charge in [-0.3, -0.25) is 15.0 Å². The van der Waals surface area contributed by atoms with Crippen molar-refractivity contribution in [3.8, 4) is 0 Å². The number of amides is 1. The molecule has 0 aromatic carbocycles. The Morgan fingerprint density at radius 1 is 1.32 bits per heavy atom. The number of halogens is 2. The maximum absolute atomic E-state index is 13.3. The lowest BCUT2D eigenvalue weighted by Crippen LogP contribution is -2.48. The largest absolute Gasteiger partial charge is 0.379 e. The molecule has 126 valence electrons. The van der Waals surface area contributed by atoms with Crippen LogP contribution in [0.25, 0.3) is 0 Å². The molecule has 3 aliphatic heterocycles. The van der Waals surface area contributed by atoms with E-state index in [2.05, 4.69) is 17.1 Å². The van der Waals surface area contributed by atoms with Gasteiger partial charge in [0.25, 0.3) is 5.92 Å². The first-order valence-electron chi connectivity index (χ1n) is 8.22. The minimum absolute atomic E-state index is 0.161. The number of alkyl halides is 2. The van der Waals surface area contributed by atoms with Gasteiger partial charge in [0.15, 0.2) is 0 Å².